The summed E-state index contributed by atoms with van der Waals surface area (Å²) in [4.78, 5) is 5.13. The molecule has 7 aromatic carbocycles. The molecule has 0 saturated heterocycles. The van der Waals surface area contributed by atoms with Gasteiger partial charge in [0.2, 0.25) is 0 Å². The normalized spacial score (nSPS) is 15.3. The fourth-order valence-electron chi connectivity index (χ4n) is 7.11. The standard InChI is InChI=1S/C42H28N2O/c45-42(34-15-5-2-6-16-34)36-18-10-19-37-40(36)44(41(43-37)31-12-3-1-4-13-31)38-20-9-17-35(39(38)42)30-24-21-29(22-25-30)33-26-23-28-11-7-8-14-32(28)27-33/h1-27,45H. The van der Waals surface area contributed by atoms with E-state index in [1.54, 1.807) is 0 Å². The summed E-state index contributed by atoms with van der Waals surface area (Å²) >= 11 is 0. The minimum atomic E-state index is -1.40. The van der Waals surface area contributed by atoms with Gasteiger partial charge in [-0.25, -0.2) is 4.98 Å². The summed E-state index contributed by atoms with van der Waals surface area (Å²) in [5, 5.41) is 15.6. The fourth-order valence-corrected chi connectivity index (χ4v) is 7.11. The van der Waals surface area contributed by atoms with E-state index in [0.29, 0.717) is 0 Å². The molecule has 1 atom stereocenters. The Balaban J connectivity index is 1.29. The predicted molar refractivity (Wildman–Crippen MR) is 183 cm³/mol. The zero-order chi connectivity index (χ0) is 30.0. The maximum absolute atomic E-state index is 13.2. The Morgan fingerprint density at radius 1 is 0.511 bits per heavy atom. The molecule has 1 aliphatic heterocycles. The third-order valence-electron chi connectivity index (χ3n) is 9.21. The molecule has 0 spiro atoms. The number of aliphatic hydroxyl groups is 1. The number of fused-ring (bicyclic) bond motifs is 3. The van der Waals surface area contributed by atoms with Gasteiger partial charge in [0, 0.05) is 16.7 Å². The van der Waals surface area contributed by atoms with E-state index in [4.69, 9.17) is 4.98 Å². The monoisotopic (exact) mass is 576 g/mol. The van der Waals surface area contributed by atoms with E-state index in [9.17, 15) is 5.11 Å². The Kier molecular flexibility index (Phi) is 5.64. The molecule has 3 heteroatoms. The summed E-state index contributed by atoms with van der Waals surface area (Å²) < 4.78 is 2.24. The van der Waals surface area contributed by atoms with E-state index in [-0.39, 0.29) is 0 Å². The number of benzene rings is 7. The van der Waals surface area contributed by atoms with E-state index in [1.165, 1.54) is 16.3 Å². The smallest absolute Gasteiger partial charge is 0.145 e. The first-order chi connectivity index (χ1) is 22.2. The summed E-state index contributed by atoms with van der Waals surface area (Å²) in [6.07, 6.45) is 0. The largest absolute Gasteiger partial charge is 0.376 e. The van der Waals surface area contributed by atoms with Crippen molar-refractivity contribution >= 4 is 21.8 Å². The average molecular weight is 577 g/mol. The van der Waals surface area contributed by atoms with Gasteiger partial charge >= 0.3 is 0 Å². The highest BCUT2D eigenvalue weighted by Gasteiger charge is 2.44. The van der Waals surface area contributed by atoms with Crippen LogP contribution in [0.25, 0.3) is 61.1 Å². The maximum Gasteiger partial charge on any atom is 0.145 e. The minimum Gasteiger partial charge on any atom is -0.376 e. The number of hydrogen-bond acceptors (Lipinski definition) is 2. The highest BCUT2D eigenvalue weighted by molar-refractivity contribution is 5.93. The molecule has 0 amide bonds. The van der Waals surface area contributed by atoms with Crippen molar-refractivity contribution in [2.75, 3.05) is 0 Å². The summed E-state index contributed by atoms with van der Waals surface area (Å²) in [5.74, 6) is 0.859. The number of nitrogens with zero attached hydrogens (tertiary/aromatic N) is 2. The first-order valence-electron chi connectivity index (χ1n) is 15.3. The number of aromatic nitrogens is 2. The molecule has 9 rings (SSSR count). The predicted octanol–water partition coefficient (Wildman–Crippen LogP) is 9.78. The van der Waals surface area contributed by atoms with Crippen molar-refractivity contribution in [2.24, 2.45) is 0 Å². The van der Waals surface area contributed by atoms with Crippen LogP contribution in [0.3, 0.4) is 0 Å². The second-order valence-corrected chi connectivity index (χ2v) is 11.7. The molecule has 0 fully saturated rings. The number of imidazole rings is 1. The summed E-state index contributed by atoms with van der Waals surface area (Å²) in [7, 11) is 0. The first kappa shape index (κ1) is 25.7. The molecule has 2 heterocycles. The van der Waals surface area contributed by atoms with Gasteiger partial charge in [-0.2, -0.15) is 0 Å². The van der Waals surface area contributed by atoms with Gasteiger partial charge in [0.1, 0.15) is 11.4 Å². The molecule has 8 aromatic rings. The van der Waals surface area contributed by atoms with Gasteiger partial charge in [-0.05, 0) is 56.8 Å². The Bertz CT molecular complexity index is 2370. The average Bonchev–Trinajstić information content (AvgIpc) is 3.51. The highest BCUT2D eigenvalue weighted by Crippen LogP contribution is 2.51. The van der Waals surface area contributed by atoms with Crippen LogP contribution in [-0.4, -0.2) is 14.7 Å². The van der Waals surface area contributed by atoms with Crippen LogP contribution in [-0.2, 0) is 5.60 Å². The topological polar surface area (TPSA) is 38.0 Å². The van der Waals surface area contributed by atoms with Gasteiger partial charge in [-0.1, -0.05) is 146 Å². The van der Waals surface area contributed by atoms with Crippen LogP contribution in [0.4, 0.5) is 0 Å². The van der Waals surface area contributed by atoms with Crippen LogP contribution < -0.4 is 0 Å². The van der Waals surface area contributed by atoms with Gasteiger partial charge in [0.25, 0.3) is 0 Å². The van der Waals surface area contributed by atoms with Crippen molar-refractivity contribution in [3.8, 4) is 39.3 Å². The SMILES string of the molecule is OC1(c2ccccc2)c2c(-c3ccc(-c4ccc5ccccc5c4)cc3)cccc2-n2c(-c3ccccc3)nc3cccc1c32. The third kappa shape index (κ3) is 3.85. The van der Waals surface area contributed by atoms with Gasteiger partial charge in [0.05, 0.1) is 16.7 Å². The molecule has 0 bridgehead atoms. The van der Waals surface area contributed by atoms with Crippen molar-refractivity contribution in [1.29, 1.82) is 0 Å². The summed E-state index contributed by atoms with van der Waals surface area (Å²) in [6.45, 7) is 0. The molecule has 1 unspecified atom stereocenters. The van der Waals surface area contributed by atoms with Crippen molar-refractivity contribution in [3.63, 3.8) is 0 Å². The molecule has 1 aliphatic rings. The van der Waals surface area contributed by atoms with Crippen molar-refractivity contribution in [3.05, 3.63) is 180 Å². The number of rotatable bonds is 4. The van der Waals surface area contributed by atoms with E-state index >= 15 is 0 Å². The molecular weight excluding hydrogens is 548 g/mol. The summed E-state index contributed by atoms with van der Waals surface area (Å²) in [5.41, 5.74) is 9.22. The zero-order valence-electron chi connectivity index (χ0n) is 24.4. The third-order valence-corrected chi connectivity index (χ3v) is 9.21. The summed E-state index contributed by atoms with van der Waals surface area (Å²) in [6, 6.07) is 56.5. The van der Waals surface area contributed by atoms with Crippen LogP contribution >= 0.6 is 0 Å². The molecule has 45 heavy (non-hydrogen) atoms. The van der Waals surface area contributed by atoms with Crippen molar-refractivity contribution in [1.82, 2.24) is 9.55 Å². The molecule has 1 N–H and O–H groups in total. The minimum absolute atomic E-state index is 0.827. The lowest BCUT2D eigenvalue weighted by Gasteiger charge is -2.38. The molecule has 212 valence electrons. The molecule has 3 nitrogen and oxygen atoms in total. The molecule has 0 saturated carbocycles. The molecular formula is C42H28N2O. The van der Waals surface area contributed by atoms with Crippen molar-refractivity contribution in [2.45, 2.75) is 5.60 Å². The van der Waals surface area contributed by atoms with E-state index in [0.717, 1.165) is 61.5 Å². The quantitative estimate of drug-likeness (QED) is 0.226. The fraction of sp³-hybridized carbons (Fsp3) is 0.0238. The lowest BCUT2D eigenvalue weighted by Crippen LogP contribution is -2.34. The van der Waals surface area contributed by atoms with Crippen molar-refractivity contribution < 1.29 is 5.11 Å². The Morgan fingerprint density at radius 3 is 1.98 bits per heavy atom. The van der Waals surface area contributed by atoms with E-state index in [2.05, 4.69) is 102 Å². The van der Waals surface area contributed by atoms with Crippen LogP contribution in [0, 0.1) is 0 Å². The van der Waals surface area contributed by atoms with Gasteiger partial charge in [-0.3, -0.25) is 4.57 Å². The van der Waals surface area contributed by atoms with Crippen LogP contribution in [0.15, 0.2) is 164 Å². The highest BCUT2D eigenvalue weighted by atomic mass is 16.3. The van der Waals surface area contributed by atoms with Gasteiger partial charge < -0.3 is 5.11 Å². The second-order valence-electron chi connectivity index (χ2n) is 11.7. The van der Waals surface area contributed by atoms with E-state index in [1.807, 2.05) is 66.7 Å². The molecule has 0 radical (unpaired) electrons. The molecule has 0 aliphatic carbocycles. The first-order valence-corrected chi connectivity index (χ1v) is 15.3. The Labute approximate surface area is 261 Å². The Morgan fingerprint density at radius 2 is 1.18 bits per heavy atom. The maximum atomic E-state index is 13.2. The number of hydrogen-bond donors (Lipinski definition) is 1. The van der Waals surface area contributed by atoms with Crippen LogP contribution in [0.5, 0.6) is 0 Å². The Hall–Kier alpha value is -5.77. The van der Waals surface area contributed by atoms with Gasteiger partial charge in [-0.15, -0.1) is 0 Å². The lowest BCUT2D eigenvalue weighted by molar-refractivity contribution is 0.126. The number of para-hydroxylation sites is 1. The van der Waals surface area contributed by atoms with E-state index < -0.39 is 5.60 Å². The second kappa shape index (κ2) is 9.88. The van der Waals surface area contributed by atoms with Crippen LogP contribution in [0.1, 0.15) is 16.7 Å². The zero-order valence-corrected chi connectivity index (χ0v) is 24.4. The van der Waals surface area contributed by atoms with Gasteiger partial charge in [0.15, 0.2) is 0 Å². The molecule has 1 aromatic heterocycles. The lowest BCUT2D eigenvalue weighted by atomic mass is 9.74. The van der Waals surface area contributed by atoms with Crippen LogP contribution in [0.2, 0.25) is 0 Å².